The van der Waals surface area contributed by atoms with Gasteiger partial charge in [-0.25, -0.2) is 4.39 Å². The first kappa shape index (κ1) is 26.5. The lowest BCUT2D eigenvalue weighted by Crippen LogP contribution is -2.49. The van der Waals surface area contributed by atoms with Crippen molar-refractivity contribution < 1.29 is 23.1 Å². The number of tetrazole rings is 1. The fourth-order valence-electron chi connectivity index (χ4n) is 3.80. The molecule has 198 valence electrons. The number of hydrogen-bond donors (Lipinski definition) is 1. The van der Waals surface area contributed by atoms with Crippen molar-refractivity contribution in [2.45, 2.75) is 45.4 Å². The second kappa shape index (κ2) is 11.2. The van der Waals surface area contributed by atoms with Crippen molar-refractivity contribution in [3.63, 3.8) is 0 Å². The highest BCUT2D eigenvalue weighted by molar-refractivity contribution is 5.88. The molecule has 0 bridgehead atoms. The van der Waals surface area contributed by atoms with E-state index in [2.05, 4.69) is 20.7 Å². The molecule has 10 nitrogen and oxygen atoms in total. The molecular weight excluding hydrogens is 491 g/mol. The van der Waals surface area contributed by atoms with E-state index in [0.29, 0.717) is 17.1 Å². The molecule has 0 spiro atoms. The Bertz CT molecular complexity index is 1360. The summed E-state index contributed by atoms with van der Waals surface area (Å²) in [6.07, 6.45) is 1.46. The molecule has 0 fully saturated rings. The van der Waals surface area contributed by atoms with E-state index in [1.165, 1.54) is 35.4 Å². The van der Waals surface area contributed by atoms with Crippen LogP contribution in [0.1, 0.15) is 38.1 Å². The molecule has 2 heterocycles. The number of carbonyl (C=O) groups excluding carboxylic acids is 2. The van der Waals surface area contributed by atoms with Gasteiger partial charge in [0.15, 0.2) is 6.04 Å². The number of hydrogen-bond acceptors (Lipinski definition) is 7. The van der Waals surface area contributed by atoms with Crippen LogP contribution in [0.2, 0.25) is 0 Å². The number of nitrogens with one attached hydrogen (secondary N) is 1. The number of methoxy groups -OCH3 is 1. The minimum absolute atomic E-state index is 0.102. The first-order valence-corrected chi connectivity index (χ1v) is 11.9. The molecule has 0 saturated carbocycles. The van der Waals surface area contributed by atoms with Crippen LogP contribution >= 0.6 is 0 Å². The average molecular weight is 521 g/mol. The summed E-state index contributed by atoms with van der Waals surface area (Å²) in [7, 11) is 1.57. The zero-order valence-corrected chi connectivity index (χ0v) is 21.6. The van der Waals surface area contributed by atoms with E-state index < -0.39 is 23.4 Å². The van der Waals surface area contributed by atoms with Crippen LogP contribution < -0.4 is 10.1 Å². The smallest absolute Gasteiger partial charge is 0.251 e. The quantitative estimate of drug-likeness (QED) is 0.357. The van der Waals surface area contributed by atoms with E-state index in [1.54, 1.807) is 31.4 Å². The Hall–Kier alpha value is -4.54. The van der Waals surface area contributed by atoms with E-state index in [-0.39, 0.29) is 24.7 Å². The van der Waals surface area contributed by atoms with Crippen molar-refractivity contribution in [2.24, 2.45) is 0 Å². The first-order chi connectivity index (χ1) is 18.1. The van der Waals surface area contributed by atoms with Crippen molar-refractivity contribution >= 4 is 11.8 Å². The molecule has 0 radical (unpaired) electrons. The topological polar surface area (TPSA) is 115 Å². The minimum atomic E-state index is -1.06. The zero-order valence-electron chi connectivity index (χ0n) is 21.6. The van der Waals surface area contributed by atoms with Crippen molar-refractivity contribution in [2.75, 3.05) is 7.11 Å². The number of nitrogens with zero attached hydrogens (tertiary/aromatic N) is 5. The highest BCUT2D eigenvalue weighted by Crippen LogP contribution is 2.26. The standard InChI is InChI=1S/C27H29FN6O4/c1-27(2,3)29-26(36)24(22-6-5-15-38-22)33(16-18-7-13-21(37-4)14-8-18)23(35)17-34-31-25(30-32-34)19-9-11-20(28)12-10-19/h5-15,24H,16-17H2,1-4H3,(H,29,36). The van der Waals surface area contributed by atoms with Crippen LogP contribution in [0.25, 0.3) is 11.4 Å². The molecule has 0 aliphatic heterocycles. The number of carbonyl (C=O) groups is 2. The number of furan rings is 1. The minimum Gasteiger partial charge on any atom is -0.497 e. The van der Waals surface area contributed by atoms with Gasteiger partial charge in [0, 0.05) is 17.6 Å². The third kappa shape index (κ3) is 6.61. The van der Waals surface area contributed by atoms with E-state index in [9.17, 15) is 14.0 Å². The molecule has 0 saturated heterocycles. The molecule has 4 aromatic rings. The number of rotatable bonds is 9. The van der Waals surface area contributed by atoms with Crippen molar-refractivity contribution in [1.29, 1.82) is 0 Å². The lowest BCUT2D eigenvalue weighted by molar-refractivity contribution is -0.143. The van der Waals surface area contributed by atoms with Crippen molar-refractivity contribution in [1.82, 2.24) is 30.4 Å². The fraction of sp³-hybridized carbons (Fsp3) is 0.296. The second-order valence-electron chi connectivity index (χ2n) is 9.68. The lowest BCUT2D eigenvalue weighted by atomic mass is 10.1. The number of halogens is 1. The molecule has 2 amide bonds. The highest BCUT2D eigenvalue weighted by atomic mass is 19.1. The van der Waals surface area contributed by atoms with E-state index in [1.807, 2.05) is 32.9 Å². The van der Waals surface area contributed by atoms with Crippen LogP contribution in [0, 0.1) is 5.82 Å². The summed E-state index contributed by atoms with van der Waals surface area (Å²) in [5.74, 6) is 0.00439. The number of amides is 2. The monoisotopic (exact) mass is 520 g/mol. The SMILES string of the molecule is COc1ccc(CN(C(=O)Cn2nnc(-c3ccc(F)cc3)n2)C(C(=O)NC(C)(C)C)c2ccco2)cc1. The molecule has 0 aliphatic carbocycles. The molecule has 11 heteroatoms. The maximum absolute atomic E-state index is 13.7. The van der Waals surface area contributed by atoms with E-state index >= 15 is 0 Å². The van der Waals surface area contributed by atoms with Crippen LogP contribution in [-0.4, -0.2) is 49.6 Å². The second-order valence-corrected chi connectivity index (χ2v) is 9.68. The number of aromatic nitrogens is 4. The lowest BCUT2D eigenvalue weighted by Gasteiger charge is -2.32. The summed E-state index contributed by atoms with van der Waals surface area (Å²) in [4.78, 5) is 29.8. The number of ether oxygens (including phenoxy) is 1. The molecule has 0 aliphatic rings. The van der Waals surface area contributed by atoms with Crippen LogP contribution in [0.3, 0.4) is 0 Å². The fourth-order valence-corrected chi connectivity index (χ4v) is 3.80. The van der Waals surface area contributed by atoms with Gasteiger partial charge in [0.2, 0.25) is 11.7 Å². The van der Waals surface area contributed by atoms with Gasteiger partial charge in [0.05, 0.1) is 13.4 Å². The Morgan fingerprint density at radius 3 is 2.42 bits per heavy atom. The summed E-state index contributed by atoms with van der Waals surface area (Å²) < 4.78 is 24.1. The summed E-state index contributed by atoms with van der Waals surface area (Å²) in [5.41, 5.74) is 0.782. The Morgan fingerprint density at radius 2 is 1.82 bits per heavy atom. The van der Waals surface area contributed by atoms with Gasteiger partial charge in [-0.05, 0) is 80.1 Å². The largest absolute Gasteiger partial charge is 0.497 e. The van der Waals surface area contributed by atoms with E-state index in [4.69, 9.17) is 9.15 Å². The molecule has 1 N–H and O–H groups in total. The normalized spacial score (nSPS) is 12.1. The van der Waals surface area contributed by atoms with Gasteiger partial charge < -0.3 is 19.4 Å². The van der Waals surface area contributed by atoms with Gasteiger partial charge in [0.1, 0.15) is 23.9 Å². The van der Waals surface area contributed by atoms with Gasteiger partial charge in [0.25, 0.3) is 5.91 Å². The van der Waals surface area contributed by atoms with Crippen molar-refractivity contribution in [3.05, 3.63) is 84.1 Å². The van der Waals surface area contributed by atoms with Crippen LogP contribution in [0.4, 0.5) is 4.39 Å². The summed E-state index contributed by atoms with van der Waals surface area (Å²) in [6.45, 7) is 5.39. The Kier molecular flexibility index (Phi) is 7.85. The van der Waals surface area contributed by atoms with E-state index in [0.717, 1.165) is 10.4 Å². The summed E-state index contributed by atoms with van der Waals surface area (Å²) in [6, 6.07) is 15.1. The maximum atomic E-state index is 13.7. The molecule has 1 unspecified atom stereocenters. The van der Waals surface area contributed by atoms with Gasteiger partial charge >= 0.3 is 0 Å². The molecule has 1 atom stereocenters. The van der Waals surface area contributed by atoms with Gasteiger partial charge in [-0.1, -0.05) is 12.1 Å². The Balaban J connectivity index is 1.65. The highest BCUT2D eigenvalue weighted by Gasteiger charge is 2.35. The average Bonchev–Trinajstić information content (AvgIpc) is 3.56. The van der Waals surface area contributed by atoms with Crippen LogP contribution in [-0.2, 0) is 22.7 Å². The predicted molar refractivity (Wildman–Crippen MR) is 136 cm³/mol. The zero-order chi connectivity index (χ0) is 27.3. The number of benzene rings is 2. The maximum Gasteiger partial charge on any atom is 0.251 e. The van der Waals surface area contributed by atoms with Gasteiger partial charge in [-0.15, -0.1) is 10.2 Å². The molecule has 2 aromatic heterocycles. The molecule has 38 heavy (non-hydrogen) atoms. The third-order valence-corrected chi connectivity index (χ3v) is 5.54. The third-order valence-electron chi connectivity index (χ3n) is 5.54. The van der Waals surface area contributed by atoms with Gasteiger partial charge in [-0.2, -0.15) is 4.80 Å². The van der Waals surface area contributed by atoms with Gasteiger partial charge in [-0.3, -0.25) is 9.59 Å². The van der Waals surface area contributed by atoms with Crippen molar-refractivity contribution in [3.8, 4) is 17.1 Å². The molecule has 4 rings (SSSR count). The Morgan fingerprint density at radius 1 is 1.11 bits per heavy atom. The van der Waals surface area contributed by atoms with Crippen LogP contribution in [0.15, 0.2) is 71.3 Å². The van der Waals surface area contributed by atoms with Crippen LogP contribution in [0.5, 0.6) is 5.75 Å². The first-order valence-electron chi connectivity index (χ1n) is 11.9. The Labute approximate surface area is 219 Å². The summed E-state index contributed by atoms with van der Waals surface area (Å²) in [5, 5.41) is 15.2. The molecule has 2 aromatic carbocycles. The molecular formula is C27H29FN6O4. The predicted octanol–water partition coefficient (Wildman–Crippen LogP) is 3.77. The summed E-state index contributed by atoms with van der Waals surface area (Å²) >= 11 is 0.